The van der Waals surface area contributed by atoms with Crippen LogP contribution in [0.25, 0.3) is 0 Å². The number of carbonyl (C=O) groups excluding carboxylic acids is 2. The highest BCUT2D eigenvalue weighted by Gasteiger charge is 2.23. The van der Waals surface area contributed by atoms with Crippen LogP contribution in [0.3, 0.4) is 0 Å². The second kappa shape index (κ2) is 6.74. The van der Waals surface area contributed by atoms with Gasteiger partial charge in [-0.05, 0) is 39.8 Å². The fraction of sp³-hybridized carbons (Fsp3) is 0.400. The number of carbonyl (C=O) groups is 2. The van der Waals surface area contributed by atoms with Crippen molar-refractivity contribution in [3.05, 3.63) is 34.7 Å². The quantitative estimate of drug-likeness (QED) is 0.919. The highest BCUT2D eigenvalue weighted by atomic mass is 32.1. The van der Waals surface area contributed by atoms with Crippen molar-refractivity contribution in [1.82, 2.24) is 9.88 Å². The summed E-state index contributed by atoms with van der Waals surface area (Å²) in [6.45, 7) is 7.50. The Morgan fingerprint density at radius 1 is 1.41 bits per heavy atom. The van der Waals surface area contributed by atoms with Crippen molar-refractivity contribution >= 4 is 28.3 Å². The van der Waals surface area contributed by atoms with Crippen LogP contribution in [-0.2, 0) is 4.79 Å². The van der Waals surface area contributed by atoms with Gasteiger partial charge in [0.05, 0.1) is 12.0 Å². The Hall–Kier alpha value is -2.15. The monoisotopic (exact) mass is 321 g/mol. The van der Waals surface area contributed by atoms with Crippen LogP contribution in [0.5, 0.6) is 0 Å². The van der Waals surface area contributed by atoms with Crippen molar-refractivity contribution in [3.63, 3.8) is 0 Å². The van der Waals surface area contributed by atoms with Gasteiger partial charge in [0.25, 0.3) is 5.91 Å². The van der Waals surface area contributed by atoms with E-state index in [1.165, 1.54) is 22.5 Å². The Balaban J connectivity index is 2.04. The summed E-state index contributed by atoms with van der Waals surface area (Å²) in [6.07, 6.45) is 1.44. The summed E-state index contributed by atoms with van der Waals surface area (Å²) < 4.78 is 5.11. The van der Waals surface area contributed by atoms with Gasteiger partial charge in [-0.3, -0.25) is 9.59 Å². The van der Waals surface area contributed by atoms with Crippen molar-refractivity contribution < 1.29 is 14.0 Å². The lowest BCUT2D eigenvalue weighted by atomic mass is 10.2. The van der Waals surface area contributed by atoms with E-state index in [2.05, 4.69) is 10.3 Å². The van der Waals surface area contributed by atoms with Gasteiger partial charge in [-0.1, -0.05) is 0 Å². The van der Waals surface area contributed by atoms with Crippen LogP contribution < -0.4 is 5.32 Å². The van der Waals surface area contributed by atoms with Crippen molar-refractivity contribution in [2.75, 3.05) is 11.9 Å². The standard InChI is InChI=1S/C15H19N3O3S/c1-9(2)18(14(20)12-6-5-7-21-12)8-13(19)17-15-16-10(3)11(4)22-15/h5-7,9H,8H2,1-4H3,(H,16,17,19). The first-order valence-electron chi connectivity index (χ1n) is 6.97. The molecule has 0 atom stereocenters. The first-order chi connectivity index (χ1) is 10.4. The summed E-state index contributed by atoms with van der Waals surface area (Å²) in [5, 5.41) is 3.28. The summed E-state index contributed by atoms with van der Waals surface area (Å²) in [5.41, 5.74) is 0.896. The van der Waals surface area contributed by atoms with Crippen molar-refractivity contribution in [2.24, 2.45) is 0 Å². The van der Waals surface area contributed by atoms with Crippen LogP contribution >= 0.6 is 11.3 Å². The molecule has 22 heavy (non-hydrogen) atoms. The predicted octanol–water partition coefficient (Wildman–Crippen LogP) is 2.84. The third-order valence-electron chi connectivity index (χ3n) is 3.20. The zero-order valence-electron chi connectivity index (χ0n) is 13.0. The van der Waals surface area contributed by atoms with E-state index < -0.39 is 0 Å². The van der Waals surface area contributed by atoms with E-state index in [-0.39, 0.29) is 30.2 Å². The summed E-state index contributed by atoms with van der Waals surface area (Å²) in [5.74, 6) is -0.355. The second-order valence-corrected chi connectivity index (χ2v) is 6.42. The molecule has 0 spiro atoms. The molecule has 0 radical (unpaired) electrons. The lowest BCUT2D eigenvalue weighted by Crippen LogP contribution is -2.42. The molecule has 0 bridgehead atoms. The summed E-state index contributed by atoms with van der Waals surface area (Å²) in [6, 6.07) is 3.11. The first-order valence-corrected chi connectivity index (χ1v) is 7.78. The smallest absolute Gasteiger partial charge is 0.290 e. The van der Waals surface area contributed by atoms with E-state index in [1.54, 1.807) is 12.1 Å². The van der Waals surface area contributed by atoms with Crippen LogP contribution in [0, 0.1) is 13.8 Å². The lowest BCUT2D eigenvalue weighted by molar-refractivity contribution is -0.117. The molecule has 6 nitrogen and oxygen atoms in total. The van der Waals surface area contributed by atoms with Crippen LogP contribution in [0.15, 0.2) is 22.8 Å². The van der Waals surface area contributed by atoms with Gasteiger partial charge in [-0.2, -0.15) is 0 Å². The van der Waals surface area contributed by atoms with Gasteiger partial charge in [-0.25, -0.2) is 4.98 Å². The molecule has 7 heteroatoms. The molecule has 0 aliphatic heterocycles. The van der Waals surface area contributed by atoms with E-state index in [9.17, 15) is 9.59 Å². The van der Waals surface area contributed by atoms with Gasteiger partial charge >= 0.3 is 0 Å². The zero-order chi connectivity index (χ0) is 16.3. The molecule has 2 rings (SSSR count). The number of rotatable bonds is 5. The van der Waals surface area contributed by atoms with Gasteiger partial charge in [0.1, 0.15) is 6.54 Å². The number of furan rings is 1. The molecule has 0 aliphatic rings. The molecule has 0 saturated heterocycles. The molecule has 0 aromatic carbocycles. The van der Waals surface area contributed by atoms with Gasteiger partial charge in [0, 0.05) is 10.9 Å². The molecule has 118 valence electrons. The maximum absolute atomic E-state index is 12.3. The Kier molecular flexibility index (Phi) is 4.97. The molecular weight excluding hydrogens is 302 g/mol. The maximum atomic E-state index is 12.3. The summed E-state index contributed by atoms with van der Waals surface area (Å²) in [7, 11) is 0. The highest BCUT2D eigenvalue weighted by Crippen LogP contribution is 2.21. The number of aromatic nitrogens is 1. The number of anilines is 1. The fourth-order valence-corrected chi connectivity index (χ4v) is 2.70. The van der Waals surface area contributed by atoms with Gasteiger partial charge in [-0.15, -0.1) is 11.3 Å². The molecule has 2 heterocycles. The predicted molar refractivity (Wildman–Crippen MR) is 85.1 cm³/mol. The minimum Gasteiger partial charge on any atom is -0.459 e. The van der Waals surface area contributed by atoms with Crippen LogP contribution in [0.1, 0.15) is 35.0 Å². The number of hydrogen-bond donors (Lipinski definition) is 1. The molecule has 2 aromatic rings. The van der Waals surface area contributed by atoms with Crippen molar-refractivity contribution in [3.8, 4) is 0 Å². The average molecular weight is 321 g/mol. The minimum atomic E-state index is -0.304. The maximum Gasteiger partial charge on any atom is 0.290 e. The topological polar surface area (TPSA) is 75.4 Å². The molecule has 2 aromatic heterocycles. The number of thiazole rings is 1. The largest absolute Gasteiger partial charge is 0.459 e. The van der Waals surface area contributed by atoms with Gasteiger partial charge < -0.3 is 14.6 Å². The molecule has 0 fully saturated rings. The Bertz CT molecular complexity index is 642. The van der Waals surface area contributed by atoms with E-state index in [4.69, 9.17) is 4.42 Å². The second-order valence-electron chi connectivity index (χ2n) is 5.21. The van der Waals surface area contributed by atoms with Crippen LogP contribution in [0.2, 0.25) is 0 Å². The SMILES string of the molecule is Cc1nc(NC(=O)CN(C(=O)c2ccco2)C(C)C)sc1C. The Labute approximate surface area is 133 Å². The number of nitrogens with one attached hydrogen (secondary N) is 1. The van der Waals surface area contributed by atoms with E-state index in [0.29, 0.717) is 5.13 Å². The Morgan fingerprint density at radius 2 is 2.14 bits per heavy atom. The third kappa shape index (κ3) is 3.73. The fourth-order valence-electron chi connectivity index (χ4n) is 1.87. The molecule has 1 N–H and O–H groups in total. The summed E-state index contributed by atoms with van der Waals surface area (Å²) >= 11 is 1.42. The lowest BCUT2D eigenvalue weighted by Gasteiger charge is -2.24. The van der Waals surface area contributed by atoms with Crippen molar-refractivity contribution in [2.45, 2.75) is 33.7 Å². The van der Waals surface area contributed by atoms with Crippen LogP contribution in [0.4, 0.5) is 5.13 Å². The first kappa shape index (κ1) is 16.2. The zero-order valence-corrected chi connectivity index (χ0v) is 13.9. The molecule has 0 unspecified atom stereocenters. The normalized spacial score (nSPS) is 10.8. The third-order valence-corrected chi connectivity index (χ3v) is 4.19. The number of nitrogens with zero attached hydrogens (tertiary/aromatic N) is 2. The van der Waals surface area contributed by atoms with Crippen LogP contribution in [-0.4, -0.2) is 34.3 Å². The molecule has 2 amide bonds. The van der Waals surface area contributed by atoms with Gasteiger partial charge in [0.2, 0.25) is 5.91 Å². The number of amides is 2. The number of aryl methyl sites for hydroxylation is 2. The Morgan fingerprint density at radius 3 is 2.64 bits per heavy atom. The van der Waals surface area contributed by atoms with Gasteiger partial charge in [0.15, 0.2) is 10.9 Å². The van der Waals surface area contributed by atoms with E-state index in [0.717, 1.165) is 10.6 Å². The highest BCUT2D eigenvalue weighted by molar-refractivity contribution is 7.15. The molecule has 0 aliphatic carbocycles. The summed E-state index contributed by atoms with van der Waals surface area (Å²) in [4.78, 5) is 31.3. The molecular formula is C15H19N3O3S. The number of hydrogen-bond acceptors (Lipinski definition) is 5. The van der Waals surface area contributed by atoms with Crippen molar-refractivity contribution in [1.29, 1.82) is 0 Å². The van der Waals surface area contributed by atoms with E-state index >= 15 is 0 Å². The van der Waals surface area contributed by atoms with E-state index in [1.807, 2.05) is 27.7 Å². The molecule has 0 saturated carbocycles. The minimum absolute atomic E-state index is 0.0468. The average Bonchev–Trinajstić information content (AvgIpc) is 3.06.